The van der Waals surface area contributed by atoms with Crippen LogP contribution in [0.15, 0.2) is 17.5 Å². The number of nitrogens with one attached hydrogen (secondary N) is 2. The summed E-state index contributed by atoms with van der Waals surface area (Å²) in [6, 6.07) is 4.59. The van der Waals surface area contributed by atoms with E-state index in [1.54, 1.807) is 11.3 Å². The summed E-state index contributed by atoms with van der Waals surface area (Å²) in [6.07, 6.45) is 7.79. The van der Waals surface area contributed by atoms with E-state index in [0.717, 1.165) is 38.8 Å². The minimum absolute atomic E-state index is 0. The predicted molar refractivity (Wildman–Crippen MR) is 90.4 cm³/mol. The summed E-state index contributed by atoms with van der Waals surface area (Å²) in [6.45, 7) is 2.05. The Morgan fingerprint density at radius 3 is 2.57 bits per heavy atom. The number of rotatable bonds is 3. The molecule has 0 unspecified atom stereocenters. The van der Waals surface area contributed by atoms with Crippen LogP contribution in [-0.2, 0) is 10.2 Å². The van der Waals surface area contributed by atoms with Gasteiger partial charge in [-0.15, -0.1) is 23.7 Å². The standard InChI is InChI=1S/C16H24N2OS.ClH/c19-15(18-13-6-10-17-11-7-13)16(8-2-1-3-9-16)14-5-4-12-20-14;/h4-5,12-13,17H,1-3,6-11H2,(H,18,19);1H. The molecule has 0 aromatic carbocycles. The molecule has 0 spiro atoms. The topological polar surface area (TPSA) is 41.1 Å². The first-order valence-electron chi connectivity index (χ1n) is 7.87. The van der Waals surface area contributed by atoms with Crippen LogP contribution >= 0.6 is 23.7 Å². The number of halogens is 1. The molecular formula is C16H25ClN2OS. The van der Waals surface area contributed by atoms with E-state index in [-0.39, 0.29) is 23.7 Å². The lowest BCUT2D eigenvalue weighted by molar-refractivity contribution is -0.128. The molecule has 0 atom stereocenters. The Bertz CT molecular complexity index is 437. The van der Waals surface area contributed by atoms with Crippen LogP contribution in [0.1, 0.15) is 49.8 Å². The van der Waals surface area contributed by atoms with Gasteiger partial charge in [0, 0.05) is 10.9 Å². The molecule has 1 aliphatic heterocycles. The number of carbonyl (C=O) groups is 1. The Morgan fingerprint density at radius 1 is 1.24 bits per heavy atom. The van der Waals surface area contributed by atoms with E-state index in [2.05, 4.69) is 28.1 Å². The highest BCUT2D eigenvalue weighted by Crippen LogP contribution is 2.41. The number of carbonyl (C=O) groups excluding carboxylic acids is 1. The van der Waals surface area contributed by atoms with Crippen molar-refractivity contribution in [2.45, 2.75) is 56.4 Å². The van der Waals surface area contributed by atoms with Gasteiger partial charge in [0.25, 0.3) is 0 Å². The molecule has 2 N–H and O–H groups in total. The van der Waals surface area contributed by atoms with Gasteiger partial charge in [-0.1, -0.05) is 25.3 Å². The van der Waals surface area contributed by atoms with Crippen LogP contribution in [0.5, 0.6) is 0 Å². The number of amides is 1. The third-order valence-corrected chi connectivity index (χ3v) is 5.88. The minimum Gasteiger partial charge on any atom is -0.352 e. The zero-order valence-electron chi connectivity index (χ0n) is 12.4. The highest BCUT2D eigenvalue weighted by atomic mass is 35.5. The zero-order valence-corrected chi connectivity index (χ0v) is 14.0. The van der Waals surface area contributed by atoms with Crippen LogP contribution < -0.4 is 10.6 Å². The summed E-state index contributed by atoms with van der Waals surface area (Å²) >= 11 is 1.75. The predicted octanol–water partition coefficient (Wildman–Crippen LogP) is 3.24. The van der Waals surface area contributed by atoms with E-state index in [0.29, 0.717) is 6.04 Å². The average molecular weight is 329 g/mol. The largest absolute Gasteiger partial charge is 0.352 e. The summed E-state index contributed by atoms with van der Waals surface area (Å²) < 4.78 is 0. The SMILES string of the molecule is Cl.O=C(NC1CCNCC1)C1(c2cccs2)CCCCC1. The quantitative estimate of drug-likeness (QED) is 0.894. The highest BCUT2D eigenvalue weighted by molar-refractivity contribution is 7.10. The second-order valence-electron chi connectivity index (χ2n) is 6.12. The Labute approximate surface area is 137 Å². The molecule has 1 saturated carbocycles. The lowest BCUT2D eigenvalue weighted by Crippen LogP contribution is -2.51. The first kappa shape index (κ1) is 16.8. The second-order valence-corrected chi connectivity index (χ2v) is 7.07. The van der Waals surface area contributed by atoms with Crippen molar-refractivity contribution in [1.29, 1.82) is 0 Å². The third kappa shape index (κ3) is 3.61. The van der Waals surface area contributed by atoms with Crippen LogP contribution in [0, 0.1) is 0 Å². The number of hydrogen-bond donors (Lipinski definition) is 2. The van der Waals surface area contributed by atoms with Crippen molar-refractivity contribution in [1.82, 2.24) is 10.6 Å². The van der Waals surface area contributed by atoms with Crippen molar-refractivity contribution >= 4 is 29.7 Å². The van der Waals surface area contributed by atoms with Crippen LogP contribution in [0.3, 0.4) is 0 Å². The van der Waals surface area contributed by atoms with Crippen LogP contribution in [-0.4, -0.2) is 25.0 Å². The van der Waals surface area contributed by atoms with Gasteiger partial charge in [0.05, 0.1) is 5.41 Å². The molecule has 2 fully saturated rings. The number of hydrogen-bond acceptors (Lipinski definition) is 3. The summed E-state index contributed by atoms with van der Waals surface area (Å²) in [5, 5.41) is 8.80. The van der Waals surface area contributed by atoms with E-state index in [1.165, 1.54) is 24.1 Å². The van der Waals surface area contributed by atoms with E-state index in [4.69, 9.17) is 0 Å². The third-order valence-electron chi connectivity index (χ3n) is 4.81. The van der Waals surface area contributed by atoms with Gasteiger partial charge in [0.2, 0.25) is 5.91 Å². The molecule has 3 rings (SSSR count). The van der Waals surface area contributed by atoms with Gasteiger partial charge in [-0.05, 0) is 50.2 Å². The molecule has 5 heteroatoms. The molecule has 0 bridgehead atoms. The Morgan fingerprint density at radius 2 is 1.95 bits per heavy atom. The average Bonchev–Trinajstić information content (AvgIpc) is 3.04. The molecule has 1 aromatic rings. The van der Waals surface area contributed by atoms with E-state index < -0.39 is 0 Å². The lowest BCUT2D eigenvalue weighted by atomic mass is 9.72. The maximum Gasteiger partial charge on any atom is 0.231 e. The van der Waals surface area contributed by atoms with Gasteiger partial charge < -0.3 is 10.6 Å². The van der Waals surface area contributed by atoms with Crippen molar-refractivity contribution in [3.8, 4) is 0 Å². The fraction of sp³-hybridized carbons (Fsp3) is 0.688. The molecule has 3 nitrogen and oxygen atoms in total. The normalized spacial score (nSPS) is 22.3. The first-order valence-corrected chi connectivity index (χ1v) is 8.75. The Balaban J connectivity index is 0.00000161. The summed E-state index contributed by atoms with van der Waals surface area (Å²) in [4.78, 5) is 14.2. The van der Waals surface area contributed by atoms with Crippen LogP contribution in [0.4, 0.5) is 0 Å². The van der Waals surface area contributed by atoms with Crippen molar-refractivity contribution in [2.24, 2.45) is 0 Å². The smallest absolute Gasteiger partial charge is 0.231 e. The monoisotopic (exact) mass is 328 g/mol. The van der Waals surface area contributed by atoms with Gasteiger partial charge in [-0.2, -0.15) is 0 Å². The minimum atomic E-state index is -0.239. The van der Waals surface area contributed by atoms with Crippen molar-refractivity contribution < 1.29 is 4.79 Å². The fourth-order valence-electron chi connectivity index (χ4n) is 3.58. The number of piperidine rings is 1. The molecule has 0 radical (unpaired) electrons. The molecule has 1 aromatic heterocycles. The maximum atomic E-state index is 13.0. The van der Waals surface area contributed by atoms with Gasteiger partial charge in [0.15, 0.2) is 0 Å². The molecular weight excluding hydrogens is 304 g/mol. The fourth-order valence-corrected chi connectivity index (χ4v) is 4.56. The second kappa shape index (κ2) is 7.61. The van der Waals surface area contributed by atoms with Gasteiger partial charge in [-0.3, -0.25) is 4.79 Å². The molecule has 118 valence electrons. The van der Waals surface area contributed by atoms with Gasteiger partial charge in [-0.25, -0.2) is 0 Å². The Hall–Kier alpha value is -0.580. The molecule has 2 aliphatic rings. The van der Waals surface area contributed by atoms with Crippen molar-refractivity contribution in [3.63, 3.8) is 0 Å². The maximum absolute atomic E-state index is 13.0. The van der Waals surface area contributed by atoms with Crippen LogP contribution in [0.25, 0.3) is 0 Å². The highest BCUT2D eigenvalue weighted by Gasteiger charge is 2.42. The van der Waals surface area contributed by atoms with Crippen molar-refractivity contribution in [2.75, 3.05) is 13.1 Å². The molecule has 21 heavy (non-hydrogen) atoms. The van der Waals surface area contributed by atoms with Gasteiger partial charge in [0.1, 0.15) is 0 Å². The summed E-state index contributed by atoms with van der Waals surface area (Å²) in [5.41, 5.74) is -0.239. The molecule has 1 aliphatic carbocycles. The molecule has 2 heterocycles. The summed E-state index contributed by atoms with van der Waals surface area (Å²) in [5.74, 6) is 0.284. The Kier molecular flexibility index (Phi) is 6.08. The zero-order chi connectivity index (χ0) is 13.8. The van der Waals surface area contributed by atoms with E-state index in [9.17, 15) is 4.79 Å². The molecule has 1 amide bonds. The van der Waals surface area contributed by atoms with Crippen LogP contribution in [0.2, 0.25) is 0 Å². The summed E-state index contributed by atoms with van der Waals surface area (Å²) in [7, 11) is 0. The van der Waals surface area contributed by atoms with Gasteiger partial charge >= 0.3 is 0 Å². The number of thiophene rings is 1. The van der Waals surface area contributed by atoms with Crippen molar-refractivity contribution in [3.05, 3.63) is 22.4 Å². The first-order chi connectivity index (χ1) is 9.81. The molecule has 1 saturated heterocycles. The van der Waals surface area contributed by atoms with E-state index in [1.807, 2.05) is 0 Å². The van der Waals surface area contributed by atoms with E-state index >= 15 is 0 Å². The lowest BCUT2D eigenvalue weighted by Gasteiger charge is -2.37.